The predicted molar refractivity (Wildman–Crippen MR) is 70.2 cm³/mol. The summed E-state index contributed by atoms with van der Waals surface area (Å²) in [6.07, 6.45) is 0.905. The van der Waals surface area contributed by atoms with Gasteiger partial charge in [-0.25, -0.2) is 0 Å². The Labute approximate surface area is 102 Å². The molecule has 82 valence electrons. The van der Waals surface area contributed by atoms with E-state index in [1.807, 2.05) is 12.1 Å². The second-order valence-electron chi connectivity index (χ2n) is 4.26. The van der Waals surface area contributed by atoms with Crippen molar-refractivity contribution < 1.29 is 0 Å². The predicted octanol–water partition coefficient (Wildman–Crippen LogP) is 4.55. The first-order valence-electron chi connectivity index (χ1n) is 5.46. The molecule has 0 radical (unpaired) electrons. The molecule has 0 bridgehead atoms. The summed E-state index contributed by atoms with van der Waals surface area (Å²) in [5.74, 6) is 0. The van der Waals surface area contributed by atoms with E-state index < -0.39 is 0 Å². The van der Waals surface area contributed by atoms with Gasteiger partial charge in [-0.2, -0.15) is 0 Å². The summed E-state index contributed by atoms with van der Waals surface area (Å²) in [6, 6.07) is 14.7. The third kappa shape index (κ3) is 2.65. The summed E-state index contributed by atoms with van der Waals surface area (Å²) in [5.41, 5.74) is 5.06. The highest BCUT2D eigenvalue weighted by Crippen LogP contribution is 2.21. The molecule has 0 aromatic heterocycles. The fraction of sp³-hybridized carbons (Fsp3) is 0.200. The number of hydrogen-bond acceptors (Lipinski definition) is 0. The number of halogens is 1. The largest absolute Gasteiger partial charge is 0.0840 e. The van der Waals surface area contributed by atoms with Crippen LogP contribution >= 0.6 is 11.6 Å². The minimum Gasteiger partial charge on any atom is -0.0840 e. The van der Waals surface area contributed by atoms with Gasteiger partial charge in [0.05, 0.1) is 0 Å². The van der Waals surface area contributed by atoms with E-state index in [0.717, 1.165) is 11.4 Å². The number of rotatable bonds is 2. The standard InChI is InChI=1S/C15H15Cl/c1-11-4-3-5-13(8-11)10-14-9-12(2)6-7-15(14)16/h3-9H,10H2,1-2H3. The Morgan fingerprint density at radius 3 is 2.44 bits per heavy atom. The highest BCUT2D eigenvalue weighted by molar-refractivity contribution is 6.31. The molecule has 0 nitrogen and oxygen atoms in total. The highest BCUT2D eigenvalue weighted by atomic mass is 35.5. The van der Waals surface area contributed by atoms with Gasteiger partial charge in [0.1, 0.15) is 0 Å². The van der Waals surface area contributed by atoms with Crippen LogP contribution < -0.4 is 0 Å². The average Bonchev–Trinajstić information content (AvgIpc) is 2.24. The van der Waals surface area contributed by atoms with E-state index in [9.17, 15) is 0 Å². The third-order valence-corrected chi connectivity index (χ3v) is 3.05. The Balaban J connectivity index is 2.30. The molecule has 0 saturated carbocycles. The molecule has 0 spiro atoms. The number of aryl methyl sites for hydroxylation is 2. The summed E-state index contributed by atoms with van der Waals surface area (Å²) in [5, 5.41) is 0.854. The smallest absolute Gasteiger partial charge is 0.0441 e. The van der Waals surface area contributed by atoms with E-state index >= 15 is 0 Å². The fourth-order valence-electron chi connectivity index (χ4n) is 1.88. The lowest BCUT2D eigenvalue weighted by molar-refractivity contribution is 1.17. The Bertz CT molecular complexity index is 501. The van der Waals surface area contributed by atoms with E-state index in [0.29, 0.717) is 0 Å². The van der Waals surface area contributed by atoms with E-state index in [-0.39, 0.29) is 0 Å². The van der Waals surface area contributed by atoms with E-state index in [2.05, 4.69) is 44.2 Å². The van der Waals surface area contributed by atoms with Crippen molar-refractivity contribution in [3.8, 4) is 0 Å². The summed E-state index contributed by atoms with van der Waals surface area (Å²) in [6.45, 7) is 4.21. The van der Waals surface area contributed by atoms with Gasteiger partial charge in [-0.15, -0.1) is 0 Å². The minimum atomic E-state index is 0.854. The quantitative estimate of drug-likeness (QED) is 0.710. The van der Waals surface area contributed by atoms with Crippen LogP contribution in [-0.4, -0.2) is 0 Å². The van der Waals surface area contributed by atoms with Crippen molar-refractivity contribution in [2.45, 2.75) is 20.3 Å². The zero-order chi connectivity index (χ0) is 11.5. The second kappa shape index (κ2) is 4.71. The molecule has 0 unspecified atom stereocenters. The molecule has 0 amide bonds. The SMILES string of the molecule is Cc1cccc(Cc2cc(C)ccc2Cl)c1. The van der Waals surface area contributed by atoms with Crippen LogP contribution in [0.25, 0.3) is 0 Å². The molecule has 0 aliphatic rings. The number of benzene rings is 2. The van der Waals surface area contributed by atoms with Gasteiger partial charge >= 0.3 is 0 Å². The van der Waals surface area contributed by atoms with Crippen molar-refractivity contribution in [3.63, 3.8) is 0 Å². The lowest BCUT2D eigenvalue weighted by Crippen LogP contribution is -1.91. The first-order chi connectivity index (χ1) is 7.65. The van der Waals surface area contributed by atoms with Crippen molar-refractivity contribution >= 4 is 11.6 Å². The van der Waals surface area contributed by atoms with Gasteiger partial charge in [-0.3, -0.25) is 0 Å². The lowest BCUT2D eigenvalue weighted by Gasteiger charge is -2.06. The van der Waals surface area contributed by atoms with Crippen molar-refractivity contribution in [1.82, 2.24) is 0 Å². The molecule has 2 aromatic carbocycles. The van der Waals surface area contributed by atoms with Gasteiger partial charge in [-0.1, -0.05) is 59.1 Å². The Morgan fingerprint density at radius 1 is 0.938 bits per heavy atom. The third-order valence-electron chi connectivity index (χ3n) is 2.68. The van der Waals surface area contributed by atoms with Crippen LogP contribution in [0.2, 0.25) is 5.02 Å². The van der Waals surface area contributed by atoms with Crippen LogP contribution in [0.5, 0.6) is 0 Å². The Morgan fingerprint density at radius 2 is 1.69 bits per heavy atom. The van der Waals surface area contributed by atoms with Gasteiger partial charge in [0.25, 0.3) is 0 Å². The molecule has 0 aliphatic carbocycles. The van der Waals surface area contributed by atoms with Crippen LogP contribution in [-0.2, 0) is 6.42 Å². The van der Waals surface area contributed by atoms with Gasteiger partial charge in [0.2, 0.25) is 0 Å². The van der Waals surface area contributed by atoms with Crippen molar-refractivity contribution in [2.75, 3.05) is 0 Å². The molecule has 1 heteroatoms. The molecular weight excluding hydrogens is 216 g/mol. The lowest BCUT2D eigenvalue weighted by atomic mass is 10.0. The fourth-order valence-corrected chi connectivity index (χ4v) is 2.07. The summed E-state index contributed by atoms with van der Waals surface area (Å²) >= 11 is 6.19. The van der Waals surface area contributed by atoms with Gasteiger partial charge in [0.15, 0.2) is 0 Å². The molecule has 2 rings (SSSR count). The molecule has 2 aromatic rings. The van der Waals surface area contributed by atoms with Crippen LogP contribution in [0.4, 0.5) is 0 Å². The van der Waals surface area contributed by atoms with Gasteiger partial charge in [0, 0.05) is 5.02 Å². The van der Waals surface area contributed by atoms with Gasteiger partial charge < -0.3 is 0 Å². The molecule has 0 saturated heterocycles. The Hall–Kier alpha value is -1.27. The molecule has 0 atom stereocenters. The molecule has 16 heavy (non-hydrogen) atoms. The summed E-state index contributed by atoms with van der Waals surface area (Å²) in [4.78, 5) is 0. The topological polar surface area (TPSA) is 0 Å². The van der Waals surface area contributed by atoms with Crippen molar-refractivity contribution in [3.05, 3.63) is 69.7 Å². The maximum absolute atomic E-state index is 6.19. The normalized spacial score (nSPS) is 10.4. The van der Waals surface area contributed by atoms with E-state index in [4.69, 9.17) is 11.6 Å². The monoisotopic (exact) mass is 230 g/mol. The first-order valence-corrected chi connectivity index (χ1v) is 5.83. The van der Waals surface area contributed by atoms with Crippen LogP contribution in [0.1, 0.15) is 22.3 Å². The molecule has 0 fully saturated rings. The first kappa shape index (κ1) is 11.2. The van der Waals surface area contributed by atoms with Crippen LogP contribution in [0.3, 0.4) is 0 Å². The zero-order valence-electron chi connectivity index (χ0n) is 9.63. The van der Waals surface area contributed by atoms with Gasteiger partial charge in [-0.05, 0) is 37.5 Å². The zero-order valence-corrected chi connectivity index (χ0v) is 10.4. The van der Waals surface area contributed by atoms with Crippen molar-refractivity contribution in [2.24, 2.45) is 0 Å². The van der Waals surface area contributed by atoms with Crippen molar-refractivity contribution in [1.29, 1.82) is 0 Å². The minimum absolute atomic E-state index is 0.854. The van der Waals surface area contributed by atoms with E-state index in [1.165, 1.54) is 22.3 Å². The number of hydrogen-bond donors (Lipinski definition) is 0. The summed E-state index contributed by atoms with van der Waals surface area (Å²) < 4.78 is 0. The highest BCUT2D eigenvalue weighted by Gasteiger charge is 2.02. The maximum atomic E-state index is 6.19. The average molecular weight is 231 g/mol. The summed E-state index contributed by atoms with van der Waals surface area (Å²) in [7, 11) is 0. The molecule has 0 aliphatic heterocycles. The molecular formula is C15H15Cl. The Kier molecular flexibility index (Phi) is 3.31. The van der Waals surface area contributed by atoms with Crippen LogP contribution in [0, 0.1) is 13.8 Å². The van der Waals surface area contributed by atoms with E-state index in [1.54, 1.807) is 0 Å². The molecule has 0 N–H and O–H groups in total. The maximum Gasteiger partial charge on any atom is 0.0441 e. The van der Waals surface area contributed by atoms with Crippen LogP contribution in [0.15, 0.2) is 42.5 Å². The molecule has 0 heterocycles. The second-order valence-corrected chi connectivity index (χ2v) is 4.67.